The highest BCUT2D eigenvalue weighted by Gasteiger charge is 2.43. The summed E-state index contributed by atoms with van der Waals surface area (Å²) in [6.45, 7) is 0.0766. The Bertz CT molecular complexity index is 1480. The summed E-state index contributed by atoms with van der Waals surface area (Å²) in [5, 5.41) is 5.56. The number of ether oxygens (including phenoxy) is 1. The summed E-state index contributed by atoms with van der Waals surface area (Å²) in [6.07, 6.45) is 4.34. The van der Waals surface area contributed by atoms with E-state index in [1.54, 1.807) is 36.4 Å². The third kappa shape index (κ3) is 5.11. The van der Waals surface area contributed by atoms with Gasteiger partial charge in [-0.05, 0) is 42.0 Å². The van der Waals surface area contributed by atoms with Gasteiger partial charge in [-0.15, -0.1) is 0 Å². The van der Waals surface area contributed by atoms with E-state index in [0.717, 1.165) is 10.5 Å². The van der Waals surface area contributed by atoms with Gasteiger partial charge >= 0.3 is 6.03 Å². The van der Waals surface area contributed by atoms with Crippen LogP contribution in [0.2, 0.25) is 10.0 Å². The van der Waals surface area contributed by atoms with Crippen LogP contribution in [0, 0.1) is 5.92 Å². The van der Waals surface area contributed by atoms with E-state index >= 15 is 0 Å². The van der Waals surface area contributed by atoms with E-state index < -0.39 is 35.6 Å². The first kappa shape index (κ1) is 25.4. The summed E-state index contributed by atoms with van der Waals surface area (Å²) in [5.74, 6) is -3.44. The third-order valence-electron chi connectivity index (χ3n) is 6.19. The fourth-order valence-electron chi connectivity index (χ4n) is 4.33. The van der Waals surface area contributed by atoms with Gasteiger partial charge in [-0.1, -0.05) is 47.5 Å². The van der Waals surface area contributed by atoms with Gasteiger partial charge in [0.15, 0.2) is 0 Å². The maximum absolute atomic E-state index is 13.7. The molecular weight excluding hydrogens is 531 g/mol. The quantitative estimate of drug-likeness (QED) is 0.448. The van der Waals surface area contributed by atoms with Crippen molar-refractivity contribution in [2.75, 3.05) is 11.4 Å². The molecule has 1 saturated heterocycles. The Morgan fingerprint density at radius 2 is 1.84 bits per heavy atom. The predicted octanol–water partition coefficient (Wildman–Crippen LogP) is 4.01. The molecule has 2 aliphatic rings. The van der Waals surface area contributed by atoms with Gasteiger partial charge in [0.1, 0.15) is 12.4 Å². The molecule has 11 heteroatoms. The number of halogens is 2. The smallest absolute Gasteiger partial charge is 0.321 e. The number of anilines is 1. The molecule has 0 bridgehead atoms. The molecule has 2 aliphatic heterocycles. The number of hydrogen-bond acceptors (Lipinski definition) is 6. The van der Waals surface area contributed by atoms with Gasteiger partial charge in [-0.3, -0.25) is 24.7 Å². The summed E-state index contributed by atoms with van der Waals surface area (Å²) < 4.78 is 5.92. The SMILES string of the molecule is O=C1NCC(C2=CC(c3cc(Cl)cc(OCc4ccccc4Cl)c3)C(=O)N(c3cccnc3)C2=O)C(=O)N1. The average molecular weight is 551 g/mol. The average Bonchev–Trinajstić information content (AvgIpc) is 2.89. The van der Waals surface area contributed by atoms with Crippen LogP contribution in [0.3, 0.4) is 0 Å². The Balaban J connectivity index is 1.53. The summed E-state index contributed by atoms with van der Waals surface area (Å²) in [4.78, 5) is 56.5. The zero-order chi connectivity index (χ0) is 26.8. The lowest BCUT2D eigenvalue weighted by atomic mass is 9.85. The number of amides is 5. The molecule has 2 N–H and O–H groups in total. The van der Waals surface area contributed by atoms with Crippen LogP contribution in [0.5, 0.6) is 5.75 Å². The minimum absolute atomic E-state index is 0.0643. The third-order valence-corrected chi connectivity index (χ3v) is 6.77. The molecule has 0 saturated carbocycles. The van der Waals surface area contributed by atoms with Gasteiger partial charge in [0.05, 0.1) is 23.7 Å². The lowest BCUT2D eigenvalue weighted by Gasteiger charge is -2.33. The number of hydrogen-bond donors (Lipinski definition) is 2. The minimum Gasteiger partial charge on any atom is -0.489 e. The molecule has 3 aromatic rings. The normalized spacial score (nSPS) is 19.5. The first-order chi connectivity index (χ1) is 18.3. The van der Waals surface area contributed by atoms with Crippen LogP contribution in [-0.2, 0) is 21.0 Å². The number of nitrogens with one attached hydrogen (secondary N) is 2. The van der Waals surface area contributed by atoms with Gasteiger partial charge in [-0.2, -0.15) is 0 Å². The molecule has 192 valence electrons. The zero-order valence-electron chi connectivity index (χ0n) is 19.7. The molecule has 3 heterocycles. The monoisotopic (exact) mass is 550 g/mol. The van der Waals surface area contributed by atoms with Crippen molar-refractivity contribution in [3.8, 4) is 5.75 Å². The molecule has 2 aromatic carbocycles. The van der Waals surface area contributed by atoms with Gasteiger partial charge in [-0.25, -0.2) is 9.69 Å². The van der Waals surface area contributed by atoms with Crippen LogP contribution >= 0.6 is 23.2 Å². The van der Waals surface area contributed by atoms with Gasteiger partial charge < -0.3 is 10.1 Å². The summed E-state index contributed by atoms with van der Waals surface area (Å²) in [7, 11) is 0. The van der Waals surface area contributed by atoms with E-state index in [4.69, 9.17) is 27.9 Å². The highest BCUT2D eigenvalue weighted by atomic mass is 35.5. The number of nitrogens with zero attached hydrogens (tertiary/aromatic N) is 2. The fourth-order valence-corrected chi connectivity index (χ4v) is 4.75. The maximum atomic E-state index is 13.7. The van der Waals surface area contributed by atoms with Crippen molar-refractivity contribution in [1.82, 2.24) is 15.6 Å². The lowest BCUT2D eigenvalue weighted by molar-refractivity contribution is -0.129. The second-order valence-electron chi connectivity index (χ2n) is 8.64. The Morgan fingerprint density at radius 1 is 1.03 bits per heavy atom. The predicted molar refractivity (Wildman–Crippen MR) is 140 cm³/mol. The van der Waals surface area contributed by atoms with E-state index in [1.165, 1.54) is 18.5 Å². The fraction of sp³-hybridized carbons (Fsp3) is 0.148. The van der Waals surface area contributed by atoms with Gasteiger partial charge in [0, 0.05) is 33.9 Å². The first-order valence-electron chi connectivity index (χ1n) is 11.6. The number of aromatic nitrogens is 1. The maximum Gasteiger partial charge on any atom is 0.321 e. The second kappa shape index (κ2) is 10.6. The zero-order valence-corrected chi connectivity index (χ0v) is 21.2. The van der Waals surface area contributed by atoms with E-state index in [-0.39, 0.29) is 24.4 Å². The number of pyridine rings is 1. The molecular formula is C27H20Cl2N4O5. The Hall–Kier alpha value is -4.21. The van der Waals surface area contributed by atoms with E-state index in [0.29, 0.717) is 21.4 Å². The topological polar surface area (TPSA) is 118 Å². The van der Waals surface area contributed by atoms with E-state index in [2.05, 4.69) is 15.6 Å². The lowest BCUT2D eigenvalue weighted by Crippen LogP contribution is -2.55. The van der Waals surface area contributed by atoms with Crippen LogP contribution in [-0.4, -0.2) is 35.3 Å². The molecule has 0 spiro atoms. The van der Waals surface area contributed by atoms with Crippen LogP contribution < -0.4 is 20.3 Å². The molecule has 5 amide bonds. The van der Waals surface area contributed by atoms with Crippen LogP contribution in [0.15, 0.2) is 78.6 Å². The van der Waals surface area contributed by atoms with Crippen LogP contribution in [0.25, 0.3) is 0 Å². The Morgan fingerprint density at radius 3 is 2.58 bits per heavy atom. The molecule has 2 unspecified atom stereocenters. The van der Waals surface area contributed by atoms with Crippen molar-refractivity contribution in [1.29, 1.82) is 0 Å². The summed E-state index contributed by atoms with van der Waals surface area (Å²) in [6, 6.07) is 14.6. The van der Waals surface area contributed by atoms with Crippen LogP contribution in [0.4, 0.5) is 10.5 Å². The van der Waals surface area contributed by atoms with Crippen molar-refractivity contribution < 1.29 is 23.9 Å². The Labute approximate surface area is 227 Å². The van der Waals surface area contributed by atoms with Gasteiger partial charge in [0.2, 0.25) is 11.8 Å². The van der Waals surface area contributed by atoms with Crippen molar-refractivity contribution in [3.63, 3.8) is 0 Å². The number of carbonyl (C=O) groups excluding carboxylic acids is 4. The number of benzene rings is 2. The Kier molecular flexibility index (Phi) is 7.13. The van der Waals surface area contributed by atoms with E-state index in [1.807, 2.05) is 18.2 Å². The molecule has 2 atom stereocenters. The van der Waals surface area contributed by atoms with Crippen LogP contribution in [0.1, 0.15) is 17.0 Å². The molecule has 5 rings (SSSR count). The second-order valence-corrected chi connectivity index (χ2v) is 9.49. The number of rotatable bonds is 6. The summed E-state index contributed by atoms with van der Waals surface area (Å²) >= 11 is 12.6. The number of imide groups is 2. The molecule has 9 nitrogen and oxygen atoms in total. The van der Waals surface area contributed by atoms with Crippen molar-refractivity contribution in [2.45, 2.75) is 12.5 Å². The highest BCUT2D eigenvalue weighted by Crippen LogP contribution is 2.36. The van der Waals surface area contributed by atoms with E-state index in [9.17, 15) is 19.2 Å². The molecule has 0 aliphatic carbocycles. The molecule has 38 heavy (non-hydrogen) atoms. The minimum atomic E-state index is -0.995. The van der Waals surface area contributed by atoms with Crippen molar-refractivity contribution in [3.05, 3.63) is 99.8 Å². The number of urea groups is 1. The van der Waals surface area contributed by atoms with Crippen molar-refractivity contribution >= 4 is 52.6 Å². The van der Waals surface area contributed by atoms with Crippen molar-refractivity contribution in [2.24, 2.45) is 5.92 Å². The molecule has 0 radical (unpaired) electrons. The summed E-state index contributed by atoms with van der Waals surface area (Å²) in [5.41, 5.74) is 1.53. The number of carbonyl (C=O) groups is 4. The molecule has 1 aromatic heterocycles. The largest absolute Gasteiger partial charge is 0.489 e. The molecule has 1 fully saturated rings. The van der Waals surface area contributed by atoms with Gasteiger partial charge in [0.25, 0.3) is 5.91 Å². The standard InChI is InChI=1S/C27H20Cl2N4O5/c28-17-8-16(9-19(10-17)38-14-15-4-1-2-6-23(15)29)20-11-21(22-13-31-27(37)32-24(22)34)26(36)33(25(20)35)18-5-3-7-30-12-18/h1-12,20,22H,13-14H2,(H2,31,32,34,37). The first-order valence-corrected chi connectivity index (χ1v) is 12.3. The highest BCUT2D eigenvalue weighted by molar-refractivity contribution is 6.31.